The molecule has 0 atom stereocenters. The van der Waals surface area contributed by atoms with E-state index in [0.717, 1.165) is 21.0 Å². The van der Waals surface area contributed by atoms with Gasteiger partial charge in [0, 0.05) is 4.88 Å². The molecule has 5 nitrogen and oxygen atoms in total. The summed E-state index contributed by atoms with van der Waals surface area (Å²) in [7, 11) is 0. The van der Waals surface area contributed by atoms with Crippen molar-refractivity contribution in [1.29, 1.82) is 0 Å². The van der Waals surface area contributed by atoms with Gasteiger partial charge in [-0.25, -0.2) is 0 Å². The monoisotopic (exact) mass is 330 g/mol. The minimum absolute atomic E-state index is 0.0995. The first-order valence-corrected chi connectivity index (χ1v) is 8.52. The SMILES string of the molecule is Cc1ccc(C(=O)CSc2nnnn2-c2ccccc2C)s1. The summed E-state index contributed by atoms with van der Waals surface area (Å²) in [6.07, 6.45) is 0. The highest BCUT2D eigenvalue weighted by molar-refractivity contribution is 7.99. The van der Waals surface area contributed by atoms with Crippen molar-refractivity contribution in [3.63, 3.8) is 0 Å². The van der Waals surface area contributed by atoms with Gasteiger partial charge in [-0.1, -0.05) is 30.0 Å². The number of aromatic nitrogens is 4. The predicted octanol–water partition coefficient (Wildman–Crippen LogP) is 3.32. The number of hydrogen-bond donors (Lipinski definition) is 0. The Morgan fingerprint density at radius 1 is 1.23 bits per heavy atom. The number of para-hydroxylation sites is 1. The number of benzene rings is 1. The molecule has 22 heavy (non-hydrogen) atoms. The lowest BCUT2D eigenvalue weighted by Gasteiger charge is -2.06. The van der Waals surface area contributed by atoms with Crippen molar-refractivity contribution in [3.05, 3.63) is 51.7 Å². The van der Waals surface area contributed by atoms with E-state index in [2.05, 4.69) is 15.5 Å². The summed E-state index contributed by atoms with van der Waals surface area (Å²) in [6, 6.07) is 11.7. The molecule has 0 fully saturated rings. The average molecular weight is 330 g/mol. The first kappa shape index (κ1) is 14.9. The summed E-state index contributed by atoms with van der Waals surface area (Å²) < 4.78 is 1.67. The molecular formula is C15H14N4OS2. The molecule has 0 spiro atoms. The van der Waals surface area contributed by atoms with E-state index in [1.54, 1.807) is 4.68 Å². The van der Waals surface area contributed by atoms with Crippen LogP contribution in [0, 0.1) is 13.8 Å². The van der Waals surface area contributed by atoms with E-state index in [4.69, 9.17) is 0 Å². The summed E-state index contributed by atoms with van der Waals surface area (Å²) in [5.74, 6) is 0.425. The van der Waals surface area contributed by atoms with Crippen LogP contribution in [0.3, 0.4) is 0 Å². The van der Waals surface area contributed by atoms with Gasteiger partial charge >= 0.3 is 0 Å². The maximum absolute atomic E-state index is 12.2. The van der Waals surface area contributed by atoms with Crippen molar-refractivity contribution in [1.82, 2.24) is 20.2 Å². The van der Waals surface area contributed by atoms with E-state index in [0.29, 0.717) is 10.9 Å². The molecule has 0 aliphatic rings. The minimum atomic E-state index is 0.0995. The Kier molecular flexibility index (Phi) is 4.35. The first-order chi connectivity index (χ1) is 10.6. The second-order valence-electron chi connectivity index (χ2n) is 4.78. The lowest BCUT2D eigenvalue weighted by atomic mass is 10.2. The number of aryl methyl sites for hydroxylation is 2. The molecule has 1 aromatic carbocycles. The van der Waals surface area contributed by atoms with E-state index < -0.39 is 0 Å². The normalized spacial score (nSPS) is 10.8. The quantitative estimate of drug-likeness (QED) is 0.530. The predicted molar refractivity (Wildman–Crippen MR) is 88.0 cm³/mol. The van der Waals surface area contributed by atoms with E-state index in [1.807, 2.05) is 50.2 Å². The number of ketones is 1. The number of carbonyl (C=O) groups excluding carboxylic acids is 1. The second kappa shape index (κ2) is 6.41. The lowest BCUT2D eigenvalue weighted by molar-refractivity contribution is 0.102. The van der Waals surface area contributed by atoms with Gasteiger partial charge < -0.3 is 0 Å². The number of thioether (sulfide) groups is 1. The zero-order chi connectivity index (χ0) is 15.5. The van der Waals surface area contributed by atoms with Gasteiger partial charge in [0.05, 0.1) is 16.3 Å². The highest BCUT2D eigenvalue weighted by atomic mass is 32.2. The van der Waals surface area contributed by atoms with Crippen molar-refractivity contribution in [3.8, 4) is 5.69 Å². The number of Topliss-reactive ketones (excluding diaryl/α,β-unsaturated/α-hetero) is 1. The smallest absolute Gasteiger partial charge is 0.214 e. The molecule has 0 aliphatic carbocycles. The zero-order valence-corrected chi connectivity index (χ0v) is 13.8. The van der Waals surface area contributed by atoms with Gasteiger partial charge in [-0.05, 0) is 48.0 Å². The van der Waals surface area contributed by atoms with Gasteiger partial charge in [-0.2, -0.15) is 4.68 Å². The number of carbonyl (C=O) groups is 1. The van der Waals surface area contributed by atoms with Crippen LogP contribution < -0.4 is 0 Å². The van der Waals surface area contributed by atoms with Crippen molar-refractivity contribution < 1.29 is 4.79 Å². The molecule has 0 amide bonds. The molecule has 0 saturated heterocycles. The third-order valence-electron chi connectivity index (χ3n) is 3.13. The van der Waals surface area contributed by atoms with Gasteiger partial charge in [0.2, 0.25) is 5.16 Å². The van der Waals surface area contributed by atoms with Crippen LogP contribution in [0.5, 0.6) is 0 Å². The first-order valence-electron chi connectivity index (χ1n) is 6.72. The zero-order valence-electron chi connectivity index (χ0n) is 12.2. The fourth-order valence-corrected chi connectivity index (χ4v) is 3.67. The van der Waals surface area contributed by atoms with Gasteiger partial charge in [-0.3, -0.25) is 4.79 Å². The number of tetrazole rings is 1. The Morgan fingerprint density at radius 2 is 2.05 bits per heavy atom. The second-order valence-corrected chi connectivity index (χ2v) is 7.01. The van der Waals surface area contributed by atoms with E-state index >= 15 is 0 Å². The summed E-state index contributed by atoms with van der Waals surface area (Å²) in [4.78, 5) is 14.1. The number of nitrogens with zero attached hydrogens (tertiary/aromatic N) is 4. The Morgan fingerprint density at radius 3 is 2.77 bits per heavy atom. The van der Waals surface area contributed by atoms with Crippen LogP contribution in [0.1, 0.15) is 20.1 Å². The number of rotatable bonds is 5. The molecule has 0 aliphatic heterocycles. The van der Waals surface area contributed by atoms with Crippen LogP contribution in [0.25, 0.3) is 5.69 Å². The van der Waals surface area contributed by atoms with Gasteiger partial charge in [0.15, 0.2) is 5.78 Å². The average Bonchev–Trinajstić information content (AvgIpc) is 3.14. The Balaban J connectivity index is 1.76. The summed E-state index contributed by atoms with van der Waals surface area (Å²) >= 11 is 2.87. The standard InChI is InChI=1S/C15H14N4OS2/c1-10-5-3-4-6-12(10)19-15(16-17-18-19)21-9-13(20)14-8-7-11(2)22-14/h3-8H,9H2,1-2H3. The summed E-state index contributed by atoms with van der Waals surface area (Å²) in [5.41, 5.74) is 2.01. The Hall–Kier alpha value is -1.99. The fraction of sp³-hybridized carbons (Fsp3) is 0.200. The molecule has 3 rings (SSSR count). The Labute approximate surface area is 136 Å². The summed E-state index contributed by atoms with van der Waals surface area (Å²) in [5, 5.41) is 12.4. The van der Waals surface area contributed by atoms with Crippen molar-refractivity contribution in [2.24, 2.45) is 0 Å². The van der Waals surface area contributed by atoms with Gasteiger partial charge in [0.25, 0.3) is 0 Å². The molecule has 0 unspecified atom stereocenters. The van der Waals surface area contributed by atoms with Crippen molar-refractivity contribution in [2.75, 3.05) is 5.75 Å². The van der Waals surface area contributed by atoms with E-state index in [9.17, 15) is 4.79 Å². The molecule has 2 aromatic heterocycles. The largest absolute Gasteiger partial charge is 0.292 e. The van der Waals surface area contributed by atoms with Crippen molar-refractivity contribution in [2.45, 2.75) is 19.0 Å². The number of thiophene rings is 1. The molecular weight excluding hydrogens is 316 g/mol. The topological polar surface area (TPSA) is 60.7 Å². The van der Waals surface area contributed by atoms with Crippen LogP contribution >= 0.6 is 23.1 Å². The molecule has 3 aromatic rings. The van der Waals surface area contributed by atoms with E-state index in [-0.39, 0.29) is 5.78 Å². The van der Waals surface area contributed by atoms with Crippen LogP contribution in [-0.4, -0.2) is 31.7 Å². The maximum Gasteiger partial charge on any atom is 0.214 e. The molecule has 0 saturated carbocycles. The number of hydrogen-bond acceptors (Lipinski definition) is 6. The molecule has 0 radical (unpaired) electrons. The molecule has 7 heteroatoms. The molecule has 112 valence electrons. The van der Waals surface area contributed by atoms with Crippen molar-refractivity contribution >= 4 is 28.9 Å². The molecule has 2 heterocycles. The molecule has 0 bridgehead atoms. The van der Waals surface area contributed by atoms with Gasteiger partial charge in [-0.15, -0.1) is 16.4 Å². The maximum atomic E-state index is 12.2. The fourth-order valence-electron chi connectivity index (χ4n) is 2.01. The highest BCUT2D eigenvalue weighted by Crippen LogP contribution is 2.23. The highest BCUT2D eigenvalue weighted by Gasteiger charge is 2.14. The third-order valence-corrected chi connectivity index (χ3v) is 5.09. The van der Waals surface area contributed by atoms with Crippen LogP contribution in [-0.2, 0) is 0 Å². The molecule has 0 N–H and O–H groups in total. The van der Waals surface area contributed by atoms with Crippen LogP contribution in [0.4, 0.5) is 0 Å². The lowest BCUT2D eigenvalue weighted by Crippen LogP contribution is -2.04. The van der Waals surface area contributed by atoms with Crippen LogP contribution in [0.15, 0.2) is 41.6 Å². The third kappa shape index (κ3) is 3.10. The van der Waals surface area contributed by atoms with E-state index in [1.165, 1.54) is 23.1 Å². The minimum Gasteiger partial charge on any atom is -0.292 e. The van der Waals surface area contributed by atoms with Gasteiger partial charge in [0.1, 0.15) is 0 Å². The summed E-state index contributed by atoms with van der Waals surface area (Å²) in [6.45, 7) is 4.00. The Bertz CT molecular complexity index is 809. The van der Waals surface area contributed by atoms with Crippen LogP contribution in [0.2, 0.25) is 0 Å².